The lowest BCUT2D eigenvalue weighted by Gasteiger charge is -2.12. The molecule has 0 spiro atoms. The molecule has 2 N–H and O–H groups in total. The Morgan fingerprint density at radius 2 is 1.70 bits per heavy atom. The minimum Gasteiger partial charge on any atom is -0.478 e. The topological polar surface area (TPSA) is 66.4 Å². The molecule has 2 aromatic carbocycles. The molecule has 0 bridgehead atoms. The molecule has 2 aromatic rings. The molecule has 0 radical (unpaired) electrons. The maximum absolute atomic E-state index is 12.0. The molecule has 0 aliphatic heterocycles. The van der Waals surface area contributed by atoms with E-state index in [0.717, 1.165) is 11.1 Å². The summed E-state index contributed by atoms with van der Waals surface area (Å²) in [5, 5.41) is 11.8. The fraction of sp³-hybridized carbons (Fsp3) is 0.263. The molecule has 0 fully saturated rings. The van der Waals surface area contributed by atoms with Gasteiger partial charge in [0.25, 0.3) is 0 Å². The van der Waals surface area contributed by atoms with Gasteiger partial charge >= 0.3 is 5.97 Å². The van der Waals surface area contributed by atoms with E-state index in [0.29, 0.717) is 19.4 Å². The van der Waals surface area contributed by atoms with Gasteiger partial charge in [-0.25, -0.2) is 4.79 Å². The van der Waals surface area contributed by atoms with Crippen molar-refractivity contribution in [1.29, 1.82) is 0 Å². The van der Waals surface area contributed by atoms with Gasteiger partial charge in [0, 0.05) is 13.0 Å². The van der Waals surface area contributed by atoms with Crippen LogP contribution >= 0.6 is 0 Å². The zero-order valence-corrected chi connectivity index (χ0v) is 13.2. The van der Waals surface area contributed by atoms with Crippen LogP contribution in [-0.2, 0) is 11.2 Å². The molecular weight excluding hydrogens is 290 g/mol. The van der Waals surface area contributed by atoms with Gasteiger partial charge in [-0.15, -0.1) is 0 Å². The van der Waals surface area contributed by atoms with Crippen LogP contribution in [0, 0.1) is 0 Å². The zero-order valence-electron chi connectivity index (χ0n) is 13.2. The number of aromatic carboxylic acids is 1. The number of carbonyl (C=O) groups excluding carboxylic acids is 1. The average Bonchev–Trinajstić information content (AvgIpc) is 2.56. The minimum absolute atomic E-state index is 0.0310. The summed E-state index contributed by atoms with van der Waals surface area (Å²) < 4.78 is 0. The monoisotopic (exact) mass is 311 g/mol. The maximum Gasteiger partial charge on any atom is 0.335 e. The second-order valence-corrected chi connectivity index (χ2v) is 5.62. The average molecular weight is 311 g/mol. The van der Waals surface area contributed by atoms with E-state index in [1.807, 2.05) is 37.3 Å². The van der Waals surface area contributed by atoms with Gasteiger partial charge < -0.3 is 10.4 Å². The molecule has 120 valence electrons. The van der Waals surface area contributed by atoms with Gasteiger partial charge in [0.2, 0.25) is 5.91 Å². The highest BCUT2D eigenvalue weighted by atomic mass is 16.4. The Morgan fingerprint density at radius 1 is 1.04 bits per heavy atom. The van der Waals surface area contributed by atoms with Crippen LogP contribution in [0.2, 0.25) is 0 Å². The van der Waals surface area contributed by atoms with Crippen LogP contribution in [0.25, 0.3) is 0 Å². The number of carbonyl (C=O) groups is 2. The molecule has 1 amide bonds. The van der Waals surface area contributed by atoms with E-state index in [1.54, 1.807) is 24.3 Å². The first-order valence-corrected chi connectivity index (χ1v) is 7.70. The van der Waals surface area contributed by atoms with Crippen molar-refractivity contribution in [2.75, 3.05) is 6.54 Å². The maximum atomic E-state index is 12.0. The lowest BCUT2D eigenvalue weighted by molar-refractivity contribution is -0.121. The molecule has 23 heavy (non-hydrogen) atoms. The molecule has 1 unspecified atom stereocenters. The van der Waals surface area contributed by atoms with Gasteiger partial charge in [-0.3, -0.25) is 4.79 Å². The van der Waals surface area contributed by atoms with Gasteiger partial charge in [0.1, 0.15) is 0 Å². The van der Waals surface area contributed by atoms with E-state index in [4.69, 9.17) is 5.11 Å². The number of carboxylic acids is 1. The summed E-state index contributed by atoms with van der Waals surface area (Å²) in [6.45, 7) is 2.59. The number of hydrogen-bond donors (Lipinski definition) is 2. The third-order valence-corrected chi connectivity index (χ3v) is 3.80. The lowest BCUT2D eigenvalue weighted by atomic mass is 9.97. The van der Waals surface area contributed by atoms with Crippen molar-refractivity contribution in [3.63, 3.8) is 0 Å². The molecular formula is C19H21NO3. The van der Waals surface area contributed by atoms with Crippen molar-refractivity contribution in [3.05, 3.63) is 71.3 Å². The fourth-order valence-corrected chi connectivity index (χ4v) is 2.41. The number of benzene rings is 2. The Morgan fingerprint density at radius 3 is 2.30 bits per heavy atom. The Labute approximate surface area is 136 Å². The molecule has 0 saturated heterocycles. The lowest BCUT2D eigenvalue weighted by Crippen LogP contribution is -2.26. The van der Waals surface area contributed by atoms with Crippen molar-refractivity contribution in [2.45, 2.75) is 25.7 Å². The van der Waals surface area contributed by atoms with Crippen LogP contribution in [0.15, 0.2) is 54.6 Å². The summed E-state index contributed by atoms with van der Waals surface area (Å²) in [5.41, 5.74) is 2.44. The van der Waals surface area contributed by atoms with E-state index < -0.39 is 5.97 Å². The summed E-state index contributed by atoms with van der Waals surface area (Å²) in [7, 11) is 0. The SMILES string of the molecule is CC(CC(=O)NCCc1ccc(C(=O)O)cc1)c1ccccc1. The first-order chi connectivity index (χ1) is 11.1. The van der Waals surface area contributed by atoms with Crippen molar-refractivity contribution in [3.8, 4) is 0 Å². The Kier molecular flexibility index (Phi) is 5.92. The van der Waals surface area contributed by atoms with Crippen LogP contribution in [0.4, 0.5) is 0 Å². The van der Waals surface area contributed by atoms with Crippen LogP contribution < -0.4 is 5.32 Å². The second kappa shape index (κ2) is 8.13. The van der Waals surface area contributed by atoms with Crippen molar-refractivity contribution in [1.82, 2.24) is 5.32 Å². The van der Waals surface area contributed by atoms with E-state index in [1.165, 1.54) is 0 Å². The fourth-order valence-electron chi connectivity index (χ4n) is 2.41. The first-order valence-electron chi connectivity index (χ1n) is 7.70. The van der Waals surface area contributed by atoms with Crippen LogP contribution in [0.5, 0.6) is 0 Å². The molecule has 0 saturated carbocycles. The molecule has 1 atom stereocenters. The van der Waals surface area contributed by atoms with Crippen molar-refractivity contribution >= 4 is 11.9 Å². The summed E-state index contributed by atoms with van der Waals surface area (Å²) in [5.74, 6) is -0.714. The predicted octanol–water partition coefficient (Wildman–Crippen LogP) is 3.24. The molecule has 2 rings (SSSR count). The number of carboxylic acid groups (broad SMARTS) is 1. The van der Waals surface area contributed by atoms with Crippen molar-refractivity contribution < 1.29 is 14.7 Å². The predicted molar refractivity (Wildman–Crippen MR) is 89.6 cm³/mol. The minimum atomic E-state index is -0.931. The molecule has 4 nitrogen and oxygen atoms in total. The molecule has 4 heteroatoms. The number of nitrogens with one attached hydrogen (secondary N) is 1. The summed E-state index contributed by atoms with van der Waals surface area (Å²) >= 11 is 0. The first kappa shape index (κ1) is 16.7. The van der Waals surface area contributed by atoms with E-state index in [2.05, 4.69) is 5.32 Å². The smallest absolute Gasteiger partial charge is 0.335 e. The van der Waals surface area contributed by atoms with Gasteiger partial charge in [-0.05, 0) is 35.6 Å². The second-order valence-electron chi connectivity index (χ2n) is 5.62. The van der Waals surface area contributed by atoms with Gasteiger partial charge in [-0.1, -0.05) is 49.4 Å². The number of amides is 1. The van der Waals surface area contributed by atoms with Crippen LogP contribution in [0.3, 0.4) is 0 Å². The largest absolute Gasteiger partial charge is 0.478 e. The zero-order chi connectivity index (χ0) is 16.7. The Bertz CT molecular complexity index is 650. The number of rotatable bonds is 7. The summed E-state index contributed by atoms with van der Waals surface area (Å²) in [4.78, 5) is 22.7. The molecule has 0 aromatic heterocycles. The third kappa shape index (κ3) is 5.25. The van der Waals surface area contributed by atoms with E-state index >= 15 is 0 Å². The number of hydrogen-bond acceptors (Lipinski definition) is 2. The summed E-state index contributed by atoms with van der Waals surface area (Å²) in [6, 6.07) is 16.7. The van der Waals surface area contributed by atoms with Gasteiger partial charge in [0.15, 0.2) is 0 Å². The third-order valence-electron chi connectivity index (χ3n) is 3.80. The molecule has 0 aliphatic rings. The normalized spacial score (nSPS) is 11.7. The standard InChI is InChI=1S/C19H21NO3/c1-14(16-5-3-2-4-6-16)13-18(21)20-12-11-15-7-9-17(10-8-15)19(22)23/h2-10,14H,11-13H2,1H3,(H,20,21)(H,22,23). The highest BCUT2D eigenvalue weighted by Crippen LogP contribution is 2.18. The van der Waals surface area contributed by atoms with E-state index in [9.17, 15) is 9.59 Å². The van der Waals surface area contributed by atoms with Crippen molar-refractivity contribution in [2.24, 2.45) is 0 Å². The Balaban J connectivity index is 1.75. The van der Waals surface area contributed by atoms with Gasteiger partial charge in [-0.2, -0.15) is 0 Å². The summed E-state index contributed by atoms with van der Waals surface area (Å²) in [6.07, 6.45) is 1.15. The highest BCUT2D eigenvalue weighted by molar-refractivity contribution is 5.87. The van der Waals surface area contributed by atoms with Crippen LogP contribution in [0.1, 0.15) is 40.7 Å². The van der Waals surface area contributed by atoms with Gasteiger partial charge in [0.05, 0.1) is 5.56 Å². The van der Waals surface area contributed by atoms with Crippen LogP contribution in [-0.4, -0.2) is 23.5 Å². The Hall–Kier alpha value is -2.62. The quantitative estimate of drug-likeness (QED) is 0.825. The van der Waals surface area contributed by atoms with E-state index in [-0.39, 0.29) is 17.4 Å². The molecule has 0 heterocycles. The highest BCUT2D eigenvalue weighted by Gasteiger charge is 2.10. The molecule has 0 aliphatic carbocycles.